The Bertz CT molecular complexity index is 1180. The molecule has 1 N–H and O–H groups in total. The van der Waals surface area contributed by atoms with Crippen molar-refractivity contribution < 1.29 is 19.1 Å². The van der Waals surface area contributed by atoms with Crippen LogP contribution in [0.25, 0.3) is 0 Å². The van der Waals surface area contributed by atoms with Gasteiger partial charge < -0.3 is 19.7 Å². The van der Waals surface area contributed by atoms with E-state index in [1.165, 1.54) is 0 Å². The van der Waals surface area contributed by atoms with Gasteiger partial charge in [0.25, 0.3) is 0 Å². The van der Waals surface area contributed by atoms with Crippen LogP contribution in [0.5, 0.6) is 11.5 Å². The zero-order valence-electron chi connectivity index (χ0n) is 20.6. The van der Waals surface area contributed by atoms with Gasteiger partial charge in [-0.15, -0.1) is 0 Å². The third-order valence-corrected chi connectivity index (χ3v) is 6.28. The lowest BCUT2D eigenvalue weighted by atomic mass is 10.0. The molecule has 0 spiro atoms. The maximum atomic E-state index is 13.7. The second-order valence-electron chi connectivity index (χ2n) is 9.20. The van der Waals surface area contributed by atoms with Crippen molar-refractivity contribution in [1.29, 1.82) is 0 Å². The first-order chi connectivity index (χ1) is 17.4. The number of aryl methyl sites for hydroxylation is 1. The molecule has 0 fully saturated rings. The molecule has 1 heterocycles. The number of fused-ring (bicyclic) bond motifs is 1. The van der Waals surface area contributed by atoms with Gasteiger partial charge in [-0.2, -0.15) is 0 Å². The van der Waals surface area contributed by atoms with E-state index < -0.39 is 6.04 Å². The molecule has 0 saturated carbocycles. The standard InChI is InChI=1S/C29H31ClN2O4/c1-20(2)31-29(34)25(16-21-6-4-3-5-7-21)32(18-23-8-12-24(30)13-9-23)28(33)15-11-22-10-14-26-27(17-22)36-19-35-26/h3-10,12-14,17,20,25H,11,15-16,18-19H2,1-2H3,(H,31,34)/t25-/m0/s1. The number of halogens is 1. The Labute approximate surface area is 217 Å². The smallest absolute Gasteiger partial charge is 0.243 e. The average molecular weight is 507 g/mol. The van der Waals surface area contributed by atoms with Gasteiger partial charge in [0.05, 0.1) is 0 Å². The molecule has 0 radical (unpaired) electrons. The van der Waals surface area contributed by atoms with Crippen molar-refractivity contribution in [2.45, 2.75) is 51.7 Å². The van der Waals surface area contributed by atoms with Crippen LogP contribution in [0.3, 0.4) is 0 Å². The van der Waals surface area contributed by atoms with Crippen molar-refractivity contribution >= 4 is 23.4 Å². The Morgan fingerprint density at radius 3 is 2.33 bits per heavy atom. The number of ether oxygens (including phenoxy) is 2. The molecular formula is C29H31ClN2O4. The van der Waals surface area contributed by atoms with E-state index in [-0.39, 0.29) is 31.1 Å². The van der Waals surface area contributed by atoms with Crippen LogP contribution in [0, 0.1) is 0 Å². The van der Waals surface area contributed by atoms with Crippen LogP contribution in [0.15, 0.2) is 72.8 Å². The van der Waals surface area contributed by atoms with Crippen LogP contribution < -0.4 is 14.8 Å². The predicted molar refractivity (Wildman–Crippen MR) is 140 cm³/mol. The lowest BCUT2D eigenvalue weighted by Gasteiger charge is -2.32. The Balaban J connectivity index is 1.59. The lowest BCUT2D eigenvalue weighted by molar-refractivity contribution is -0.141. The summed E-state index contributed by atoms with van der Waals surface area (Å²) in [5, 5.41) is 3.63. The van der Waals surface area contributed by atoms with E-state index >= 15 is 0 Å². The fraction of sp³-hybridized carbons (Fsp3) is 0.310. The number of rotatable bonds is 10. The molecule has 3 aromatic carbocycles. The molecule has 0 bridgehead atoms. The molecule has 1 atom stereocenters. The van der Waals surface area contributed by atoms with E-state index in [9.17, 15) is 9.59 Å². The maximum Gasteiger partial charge on any atom is 0.243 e. The lowest BCUT2D eigenvalue weighted by Crippen LogP contribution is -2.51. The summed E-state index contributed by atoms with van der Waals surface area (Å²) in [7, 11) is 0. The van der Waals surface area contributed by atoms with Gasteiger partial charge >= 0.3 is 0 Å². The number of amides is 2. The minimum atomic E-state index is -0.658. The second-order valence-corrected chi connectivity index (χ2v) is 9.64. The van der Waals surface area contributed by atoms with E-state index in [0.29, 0.717) is 35.9 Å². The quantitative estimate of drug-likeness (QED) is 0.412. The van der Waals surface area contributed by atoms with Crippen molar-refractivity contribution in [3.63, 3.8) is 0 Å². The molecule has 4 rings (SSSR count). The molecule has 0 aromatic heterocycles. The van der Waals surface area contributed by atoms with Crippen LogP contribution in [-0.4, -0.2) is 35.6 Å². The highest BCUT2D eigenvalue weighted by Gasteiger charge is 2.30. The van der Waals surface area contributed by atoms with Gasteiger partial charge in [0.15, 0.2) is 11.5 Å². The van der Waals surface area contributed by atoms with Crippen LogP contribution >= 0.6 is 11.6 Å². The van der Waals surface area contributed by atoms with Crippen molar-refractivity contribution in [2.24, 2.45) is 0 Å². The number of carbonyl (C=O) groups is 2. The molecule has 1 aliphatic heterocycles. The van der Waals surface area contributed by atoms with Crippen molar-refractivity contribution in [3.05, 3.63) is 94.5 Å². The maximum absolute atomic E-state index is 13.7. The average Bonchev–Trinajstić information content (AvgIpc) is 3.34. The normalized spacial score (nSPS) is 12.9. The molecule has 0 saturated heterocycles. The molecule has 7 heteroatoms. The number of nitrogens with zero attached hydrogens (tertiary/aromatic N) is 1. The molecule has 188 valence electrons. The number of benzene rings is 3. The van der Waals surface area contributed by atoms with Crippen LogP contribution in [0.1, 0.15) is 37.0 Å². The zero-order valence-corrected chi connectivity index (χ0v) is 21.3. The summed E-state index contributed by atoms with van der Waals surface area (Å²) < 4.78 is 10.9. The van der Waals surface area contributed by atoms with Crippen LogP contribution in [-0.2, 0) is 29.0 Å². The molecular weight excluding hydrogens is 476 g/mol. The third-order valence-electron chi connectivity index (χ3n) is 6.03. The van der Waals surface area contributed by atoms with E-state index in [1.807, 2.05) is 74.5 Å². The molecule has 2 amide bonds. The summed E-state index contributed by atoms with van der Waals surface area (Å²) in [5.74, 6) is 1.14. The van der Waals surface area contributed by atoms with Crippen molar-refractivity contribution in [2.75, 3.05) is 6.79 Å². The first-order valence-corrected chi connectivity index (χ1v) is 12.5. The topological polar surface area (TPSA) is 67.9 Å². The number of hydrogen-bond donors (Lipinski definition) is 1. The summed E-state index contributed by atoms with van der Waals surface area (Å²) in [4.78, 5) is 28.8. The SMILES string of the molecule is CC(C)NC(=O)[C@H](Cc1ccccc1)N(Cc1ccc(Cl)cc1)C(=O)CCc1ccc2c(c1)OCO2. The highest BCUT2D eigenvalue weighted by molar-refractivity contribution is 6.30. The van der Waals surface area contributed by atoms with Crippen LogP contribution in [0.4, 0.5) is 0 Å². The molecule has 36 heavy (non-hydrogen) atoms. The number of hydrogen-bond acceptors (Lipinski definition) is 4. The summed E-state index contributed by atoms with van der Waals surface area (Å²) in [5.41, 5.74) is 2.88. The van der Waals surface area contributed by atoms with Gasteiger partial charge in [0.2, 0.25) is 18.6 Å². The van der Waals surface area contributed by atoms with Gasteiger partial charge in [0.1, 0.15) is 6.04 Å². The summed E-state index contributed by atoms with van der Waals surface area (Å²) in [6.45, 7) is 4.35. The molecule has 3 aromatic rings. The first kappa shape index (κ1) is 25.6. The second kappa shape index (κ2) is 12.0. The van der Waals surface area contributed by atoms with Crippen molar-refractivity contribution in [1.82, 2.24) is 10.2 Å². The fourth-order valence-corrected chi connectivity index (χ4v) is 4.34. The van der Waals surface area contributed by atoms with Gasteiger partial charge in [-0.3, -0.25) is 9.59 Å². The minimum Gasteiger partial charge on any atom is -0.454 e. The highest BCUT2D eigenvalue weighted by atomic mass is 35.5. The van der Waals surface area contributed by atoms with Gasteiger partial charge in [-0.25, -0.2) is 0 Å². The summed E-state index contributed by atoms with van der Waals surface area (Å²) in [6.07, 6.45) is 1.20. The predicted octanol–water partition coefficient (Wildman–Crippen LogP) is 5.17. The number of carbonyl (C=O) groups excluding carboxylic acids is 2. The Morgan fingerprint density at radius 1 is 0.917 bits per heavy atom. The minimum absolute atomic E-state index is 0.0445. The summed E-state index contributed by atoms with van der Waals surface area (Å²) >= 11 is 6.08. The Kier molecular flexibility index (Phi) is 8.49. The molecule has 0 aliphatic carbocycles. The van der Waals surface area contributed by atoms with E-state index in [1.54, 1.807) is 17.0 Å². The molecule has 1 aliphatic rings. The Morgan fingerprint density at radius 2 is 1.61 bits per heavy atom. The van der Waals surface area contributed by atoms with E-state index in [2.05, 4.69) is 5.32 Å². The Hall–Kier alpha value is -3.51. The van der Waals surface area contributed by atoms with Gasteiger partial charge in [-0.1, -0.05) is 60.1 Å². The summed E-state index contributed by atoms with van der Waals surface area (Å²) in [6, 6.07) is 22.2. The van der Waals surface area contributed by atoms with Crippen molar-refractivity contribution in [3.8, 4) is 11.5 Å². The van der Waals surface area contributed by atoms with Crippen LogP contribution in [0.2, 0.25) is 5.02 Å². The van der Waals surface area contributed by atoms with Gasteiger partial charge in [0, 0.05) is 30.5 Å². The molecule has 0 unspecified atom stereocenters. The monoisotopic (exact) mass is 506 g/mol. The largest absolute Gasteiger partial charge is 0.454 e. The van der Waals surface area contributed by atoms with E-state index in [0.717, 1.165) is 16.7 Å². The third kappa shape index (κ3) is 6.79. The number of nitrogens with one attached hydrogen (secondary N) is 1. The zero-order chi connectivity index (χ0) is 25.5. The highest BCUT2D eigenvalue weighted by Crippen LogP contribution is 2.33. The van der Waals surface area contributed by atoms with E-state index in [4.69, 9.17) is 21.1 Å². The molecule has 6 nitrogen and oxygen atoms in total. The fourth-order valence-electron chi connectivity index (χ4n) is 4.21. The first-order valence-electron chi connectivity index (χ1n) is 12.2. The van der Waals surface area contributed by atoms with Gasteiger partial charge in [-0.05, 0) is 61.2 Å².